The number of benzene rings is 2. The zero-order valence-electron chi connectivity index (χ0n) is 12.8. The lowest BCUT2D eigenvalue weighted by Crippen LogP contribution is -2.42. The lowest BCUT2D eigenvalue weighted by molar-refractivity contribution is -0.142. The van der Waals surface area contributed by atoms with Crippen molar-refractivity contribution >= 4 is 5.97 Å². The van der Waals surface area contributed by atoms with Crippen LogP contribution < -0.4 is 5.73 Å². The number of esters is 1. The predicted molar refractivity (Wildman–Crippen MR) is 87.0 cm³/mol. The molecule has 4 nitrogen and oxygen atoms in total. The van der Waals surface area contributed by atoms with E-state index in [1.165, 1.54) is 18.2 Å². The van der Waals surface area contributed by atoms with Crippen molar-refractivity contribution in [1.82, 2.24) is 4.90 Å². The number of hydrogen-bond donors (Lipinski definition) is 1. The van der Waals surface area contributed by atoms with Gasteiger partial charge in [0.25, 0.3) is 0 Å². The van der Waals surface area contributed by atoms with Crippen molar-refractivity contribution in [3.05, 3.63) is 71.8 Å². The lowest BCUT2D eigenvalue weighted by atomic mass is 10.1. The fourth-order valence-corrected chi connectivity index (χ4v) is 2.37. The van der Waals surface area contributed by atoms with Gasteiger partial charge in [0.15, 0.2) is 0 Å². The number of nitrogens with two attached hydrogens (primary N) is 1. The molecule has 2 N–H and O–H groups in total. The number of carbonyl (C=O) groups is 1. The second-order valence-corrected chi connectivity index (χ2v) is 5.27. The van der Waals surface area contributed by atoms with Gasteiger partial charge in [-0.05, 0) is 11.1 Å². The van der Waals surface area contributed by atoms with Crippen LogP contribution in [0.1, 0.15) is 11.1 Å². The third-order valence-corrected chi connectivity index (χ3v) is 3.46. The van der Waals surface area contributed by atoms with E-state index in [0.717, 1.165) is 13.1 Å². The van der Waals surface area contributed by atoms with Gasteiger partial charge in [0.2, 0.25) is 0 Å². The van der Waals surface area contributed by atoms with E-state index in [9.17, 15) is 4.79 Å². The molecule has 0 spiro atoms. The predicted octanol–water partition coefficient (Wildman–Crippen LogP) is 2.19. The third-order valence-electron chi connectivity index (χ3n) is 3.46. The molecule has 2 aromatic rings. The zero-order chi connectivity index (χ0) is 15.8. The third kappa shape index (κ3) is 4.98. The smallest absolute Gasteiger partial charge is 0.323 e. The number of nitrogens with zero attached hydrogens (tertiary/aromatic N) is 1. The van der Waals surface area contributed by atoms with Crippen molar-refractivity contribution in [2.45, 2.75) is 19.1 Å². The van der Waals surface area contributed by atoms with Gasteiger partial charge < -0.3 is 10.5 Å². The summed E-state index contributed by atoms with van der Waals surface area (Å²) >= 11 is 0. The van der Waals surface area contributed by atoms with Crippen molar-refractivity contribution in [2.75, 3.05) is 13.7 Å². The van der Waals surface area contributed by atoms with Crippen molar-refractivity contribution in [2.24, 2.45) is 5.73 Å². The molecule has 4 heteroatoms. The minimum atomic E-state index is -0.641. The molecule has 0 aromatic heterocycles. The molecule has 0 bridgehead atoms. The minimum Gasteiger partial charge on any atom is -0.468 e. The molecular formula is C18H22N2O2. The van der Waals surface area contributed by atoms with Crippen LogP contribution in [-0.2, 0) is 22.6 Å². The van der Waals surface area contributed by atoms with E-state index >= 15 is 0 Å². The molecule has 0 aliphatic rings. The Morgan fingerprint density at radius 3 is 1.86 bits per heavy atom. The minimum absolute atomic E-state index is 0.383. The average molecular weight is 298 g/mol. The van der Waals surface area contributed by atoms with Crippen LogP contribution in [0.3, 0.4) is 0 Å². The fraction of sp³-hybridized carbons (Fsp3) is 0.278. The van der Waals surface area contributed by atoms with Gasteiger partial charge in [-0.1, -0.05) is 60.7 Å². The first-order chi connectivity index (χ1) is 10.7. The molecule has 0 fully saturated rings. The molecule has 2 aromatic carbocycles. The Hall–Kier alpha value is -2.17. The average Bonchev–Trinajstić information content (AvgIpc) is 2.55. The molecular weight excluding hydrogens is 276 g/mol. The Morgan fingerprint density at radius 1 is 1.00 bits per heavy atom. The van der Waals surface area contributed by atoms with Crippen molar-refractivity contribution in [3.63, 3.8) is 0 Å². The largest absolute Gasteiger partial charge is 0.468 e. The molecule has 2 rings (SSSR count). The topological polar surface area (TPSA) is 55.6 Å². The Bertz CT molecular complexity index is 531. The fourth-order valence-electron chi connectivity index (χ4n) is 2.37. The van der Waals surface area contributed by atoms with Gasteiger partial charge in [-0.2, -0.15) is 0 Å². The maximum Gasteiger partial charge on any atom is 0.323 e. The molecule has 0 aliphatic heterocycles. The summed E-state index contributed by atoms with van der Waals surface area (Å²) in [5.41, 5.74) is 8.30. The number of carbonyl (C=O) groups excluding carboxylic acids is 1. The van der Waals surface area contributed by atoms with Gasteiger partial charge in [-0.3, -0.25) is 9.69 Å². The molecule has 0 heterocycles. The monoisotopic (exact) mass is 298 g/mol. The van der Waals surface area contributed by atoms with Crippen molar-refractivity contribution in [3.8, 4) is 0 Å². The van der Waals surface area contributed by atoms with E-state index in [1.807, 2.05) is 36.4 Å². The van der Waals surface area contributed by atoms with E-state index in [1.54, 1.807) is 0 Å². The van der Waals surface area contributed by atoms with Gasteiger partial charge in [0.1, 0.15) is 6.04 Å². The molecule has 0 saturated heterocycles. The summed E-state index contributed by atoms with van der Waals surface area (Å²) in [5, 5.41) is 0. The van der Waals surface area contributed by atoms with Crippen LogP contribution in [0.2, 0.25) is 0 Å². The summed E-state index contributed by atoms with van der Waals surface area (Å²) in [6.07, 6.45) is 0. The van der Waals surface area contributed by atoms with E-state index in [2.05, 4.69) is 29.2 Å². The zero-order valence-corrected chi connectivity index (χ0v) is 12.8. The normalized spacial score (nSPS) is 12.1. The second kappa shape index (κ2) is 8.32. The molecule has 0 saturated carbocycles. The molecule has 0 unspecified atom stereocenters. The Balaban J connectivity index is 2.07. The first-order valence-corrected chi connectivity index (χ1v) is 7.32. The maximum absolute atomic E-state index is 11.6. The second-order valence-electron chi connectivity index (χ2n) is 5.27. The highest BCUT2D eigenvalue weighted by molar-refractivity contribution is 5.75. The molecule has 0 amide bonds. The van der Waals surface area contributed by atoms with Crippen LogP contribution in [0.25, 0.3) is 0 Å². The molecule has 1 atom stereocenters. The standard InChI is InChI=1S/C18H22N2O2/c1-22-18(21)17(19)14-20(12-15-8-4-2-5-9-15)13-16-10-6-3-7-11-16/h2-11,17H,12-14,19H2,1H3/t17-/m0/s1. The highest BCUT2D eigenvalue weighted by atomic mass is 16.5. The molecule has 22 heavy (non-hydrogen) atoms. The highest BCUT2D eigenvalue weighted by Crippen LogP contribution is 2.10. The van der Waals surface area contributed by atoms with Crippen LogP contribution in [-0.4, -0.2) is 30.6 Å². The highest BCUT2D eigenvalue weighted by Gasteiger charge is 2.18. The maximum atomic E-state index is 11.6. The van der Waals surface area contributed by atoms with Crippen LogP contribution in [0.15, 0.2) is 60.7 Å². The Kier molecular flexibility index (Phi) is 6.13. The first-order valence-electron chi connectivity index (χ1n) is 7.32. The summed E-state index contributed by atoms with van der Waals surface area (Å²) in [5.74, 6) is -0.383. The number of ether oxygens (including phenoxy) is 1. The molecule has 116 valence electrons. The van der Waals surface area contributed by atoms with Crippen LogP contribution in [0.5, 0.6) is 0 Å². The van der Waals surface area contributed by atoms with Crippen LogP contribution in [0.4, 0.5) is 0 Å². The van der Waals surface area contributed by atoms with Crippen molar-refractivity contribution in [1.29, 1.82) is 0 Å². The quantitative estimate of drug-likeness (QED) is 0.796. The number of hydrogen-bond acceptors (Lipinski definition) is 4. The Labute approximate surface area is 131 Å². The van der Waals surface area contributed by atoms with Gasteiger partial charge >= 0.3 is 5.97 Å². The van der Waals surface area contributed by atoms with Gasteiger partial charge in [0.05, 0.1) is 7.11 Å². The van der Waals surface area contributed by atoms with Gasteiger partial charge in [-0.25, -0.2) is 0 Å². The number of methoxy groups -OCH3 is 1. The molecule has 0 aliphatic carbocycles. The Morgan fingerprint density at radius 2 is 1.45 bits per heavy atom. The van der Waals surface area contributed by atoms with E-state index in [-0.39, 0.29) is 5.97 Å². The van der Waals surface area contributed by atoms with Gasteiger partial charge in [0, 0.05) is 19.6 Å². The summed E-state index contributed by atoms with van der Waals surface area (Å²) in [6.45, 7) is 1.93. The molecule has 0 radical (unpaired) electrons. The van der Waals surface area contributed by atoms with E-state index in [0.29, 0.717) is 6.54 Å². The summed E-state index contributed by atoms with van der Waals surface area (Å²) in [7, 11) is 1.36. The SMILES string of the molecule is COC(=O)[C@@H](N)CN(Cc1ccccc1)Cc1ccccc1. The van der Waals surface area contributed by atoms with Crippen LogP contribution >= 0.6 is 0 Å². The number of rotatable bonds is 7. The lowest BCUT2D eigenvalue weighted by Gasteiger charge is -2.25. The van der Waals surface area contributed by atoms with E-state index in [4.69, 9.17) is 10.5 Å². The summed E-state index contributed by atoms with van der Waals surface area (Å²) < 4.78 is 4.72. The summed E-state index contributed by atoms with van der Waals surface area (Å²) in [4.78, 5) is 13.7. The van der Waals surface area contributed by atoms with Crippen molar-refractivity contribution < 1.29 is 9.53 Å². The van der Waals surface area contributed by atoms with Gasteiger partial charge in [-0.15, -0.1) is 0 Å². The summed E-state index contributed by atoms with van der Waals surface area (Å²) in [6, 6.07) is 19.7. The van der Waals surface area contributed by atoms with E-state index < -0.39 is 6.04 Å². The first kappa shape index (κ1) is 16.2. The van der Waals surface area contributed by atoms with Crippen LogP contribution in [0, 0.1) is 0 Å².